The van der Waals surface area contributed by atoms with Crippen molar-refractivity contribution in [2.75, 3.05) is 0 Å². The van der Waals surface area contributed by atoms with Gasteiger partial charge in [0.2, 0.25) is 5.91 Å². The van der Waals surface area contributed by atoms with E-state index in [9.17, 15) is 4.79 Å². The quantitative estimate of drug-likeness (QED) is 0.586. The molecule has 12 heavy (non-hydrogen) atoms. The topological polar surface area (TPSA) is 20.3 Å². The summed E-state index contributed by atoms with van der Waals surface area (Å²) in [4.78, 5) is 12.9. The van der Waals surface area contributed by atoms with E-state index in [2.05, 4.69) is 13.2 Å². The van der Waals surface area contributed by atoms with Crippen molar-refractivity contribution in [2.24, 2.45) is 0 Å². The van der Waals surface area contributed by atoms with Crippen LogP contribution in [0.25, 0.3) is 0 Å². The molecule has 2 heteroatoms. The fourth-order valence-corrected chi connectivity index (χ4v) is 1.17. The normalized spacial score (nSPS) is 14.6. The minimum Gasteiger partial charge on any atom is -0.331 e. The largest absolute Gasteiger partial charge is 0.331 e. The molecule has 0 bridgehead atoms. The molecule has 0 aromatic rings. The smallest absolute Gasteiger partial charge is 0.220 e. The summed E-state index contributed by atoms with van der Waals surface area (Å²) < 4.78 is 0. The molecule has 0 fully saturated rings. The average molecular weight is 167 g/mol. The average Bonchev–Trinajstić information content (AvgIpc) is 2.03. The van der Waals surface area contributed by atoms with Crippen molar-refractivity contribution in [1.82, 2.24) is 4.90 Å². The first-order valence-electron chi connectivity index (χ1n) is 4.08. The van der Waals surface area contributed by atoms with Crippen LogP contribution in [-0.2, 0) is 4.79 Å². The zero-order chi connectivity index (χ0) is 9.72. The van der Waals surface area contributed by atoms with Crippen molar-refractivity contribution in [3.8, 4) is 0 Å². The number of nitrogens with zero attached hydrogens (tertiary/aromatic N) is 1. The van der Waals surface area contributed by atoms with E-state index < -0.39 is 0 Å². The first-order chi connectivity index (χ1) is 5.54. The summed E-state index contributed by atoms with van der Waals surface area (Å²) in [6.45, 7) is 12.7. The van der Waals surface area contributed by atoms with Gasteiger partial charge in [-0.05, 0) is 13.8 Å². The molecule has 2 unspecified atom stereocenters. The molecule has 0 aliphatic rings. The maximum atomic E-state index is 11.2. The van der Waals surface area contributed by atoms with Crippen LogP contribution in [0.15, 0.2) is 25.3 Å². The second-order valence-electron chi connectivity index (χ2n) is 2.88. The fourth-order valence-electron chi connectivity index (χ4n) is 1.17. The van der Waals surface area contributed by atoms with Crippen molar-refractivity contribution in [3.05, 3.63) is 25.3 Å². The van der Waals surface area contributed by atoms with Gasteiger partial charge in [-0.2, -0.15) is 0 Å². The highest BCUT2D eigenvalue weighted by Crippen LogP contribution is 2.07. The molecule has 0 aliphatic carbocycles. The van der Waals surface area contributed by atoms with Gasteiger partial charge in [-0.3, -0.25) is 4.79 Å². The predicted molar refractivity (Wildman–Crippen MR) is 51.8 cm³/mol. The summed E-state index contributed by atoms with van der Waals surface area (Å²) in [7, 11) is 0. The SMILES string of the molecule is C=CC(C)N(C(C)=O)C(C)C=C. The first-order valence-corrected chi connectivity index (χ1v) is 4.08. The molecule has 0 aliphatic heterocycles. The maximum absolute atomic E-state index is 11.2. The zero-order valence-corrected chi connectivity index (χ0v) is 8.08. The van der Waals surface area contributed by atoms with Gasteiger partial charge in [0.25, 0.3) is 0 Å². The van der Waals surface area contributed by atoms with Crippen LogP contribution in [0.4, 0.5) is 0 Å². The predicted octanol–water partition coefficient (Wildman–Crippen LogP) is 1.98. The zero-order valence-electron chi connectivity index (χ0n) is 8.08. The third-order valence-corrected chi connectivity index (χ3v) is 1.92. The van der Waals surface area contributed by atoms with E-state index in [1.54, 1.807) is 24.0 Å². The molecule has 0 N–H and O–H groups in total. The lowest BCUT2D eigenvalue weighted by atomic mass is 10.2. The van der Waals surface area contributed by atoms with Gasteiger partial charge in [-0.15, -0.1) is 13.2 Å². The minimum atomic E-state index is 0.0507. The van der Waals surface area contributed by atoms with Gasteiger partial charge in [0.1, 0.15) is 0 Å². The molecule has 2 atom stereocenters. The molecule has 0 spiro atoms. The second-order valence-corrected chi connectivity index (χ2v) is 2.88. The van der Waals surface area contributed by atoms with Crippen LogP contribution in [0.5, 0.6) is 0 Å². The summed E-state index contributed by atoms with van der Waals surface area (Å²) in [5.74, 6) is 0.0507. The van der Waals surface area contributed by atoms with E-state index in [0.717, 1.165) is 0 Å². The Morgan fingerprint density at radius 1 is 1.25 bits per heavy atom. The van der Waals surface area contributed by atoms with Crippen molar-refractivity contribution in [3.63, 3.8) is 0 Å². The molecular weight excluding hydrogens is 150 g/mol. The Bertz CT molecular complexity index is 172. The molecule has 0 aromatic heterocycles. The molecule has 0 radical (unpaired) electrons. The minimum absolute atomic E-state index is 0.0507. The highest BCUT2D eigenvalue weighted by atomic mass is 16.2. The molecule has 0 saturated carbocycles. The number of carbonyl (C=O) groups is 1. The van der Waals surface area contributed by atoms with E-state index in [0.29, 0.717) is 0 Å². The molecule has 0 aromatic carbocycles. The van der Waals surface area contributed by atoms with E-state index in [4.69, 9.17) is 0 Å². The summed E-state index contributed by atoms with van der Waals surface area (Å²) in [6.07, 6.45) is 3.50. The Morgan fingerprint density at radius 3 is 1.75 bits per heavy atom. The third-order valence-electron chi connectivity index (χ3n) is 1.92. The Kier molecular flexibility index (Phi) is 4.34. The molecule has 2 nitrogen and oxygen atoms in total. The molecule has 0 heterocycles. The number of amides is 1. The van der Waals surface area contributed by atoms with Crippen LogP contribution in [0.3, 0.4) is 0 Å². The standard InChI is InChI=1S/C10H17NO/c1-6-8(3)11(10(5)12)9(4)7-2/h6-9H,1-2H2,3-5H3. The van der Waals surface area contributed by atoms with Crippen LogP contribution < -0.4 is 0 Å². The van der Waals surface area contributed by atoms with E-state index in [1.807, 2.05) is 13.8 Å². The van der Waals surface area contributed by atoms with Crippen molar-refractivity contribution in [1.29, 1.82) is 0 Å². The number of hydrogen-bond acceptors (Lipinski definition) is 1. The lowest BCUT2D eigenvalue weighted by Crippen LogP contribution is -2.41. The Balaban J connectivity index is 4.52. The Hall–Kier alpha value is -1.05. The van der Waals surface area contributed by atoms with E-state index in [-0.39, 0.29) is 18.0 Å². The van der Waals surface area contributed by atoms with E-state index in [1.165, 1.54) is 0 Å². The van der Waals surface area contributed by atoms with Crippen LogP contribution in [0, 0.1) is 0 Å². The van der Waals surface area contributed by atoms with Gasteiger partial charge in [-0.1, -0.05) is 12.2 Å². The Labute approximate surface area is 74.6 Å². The first kappa shape index (κ1) is 11.0. The summed E-state index contributed by atoms with van der Waals surface area (Å²) in [5.41, 5.74) is 0. The monoisotopic (exact) mass is 167 g/mol. The van der Waals surface area contributed by atoms with E-state index >= 15 is 0 Å². The fraction of sp³-hybridized carbons (Fsp3) is 0.500. The highest BCUT2D eigenvalue weighted by molar-refractivity contribution is 5.74. The van der Waals surface area contributed by atoms with Gasteiger partial charge >= 0.3 is 0 Å². The lowest BCUT2D eigenvalue weighted by Gasteiger charge is -2.30. The molecule has 0 rings (SSSR count). The van der Waals surface area contributed by atoms with Crippen molar-refractivity contribution >= 4 is 5.91 Å². The number of rotatable bonds is 4. The van der Waals surface area contributed by atoms with Crippen LogP contribution in [-0.4, -0.2) is 22.9 Å². The lowest BCUT2D eigenvalue weighted by molar-refractivity contribution is -0.131. The molecule has 68 valence electrons. The molecular formula is C10H17NO. The van der Waals surface area contributed by atoms with Crippen LogP contribution >= 0.6 is 0 Å². The number of carbonyl (C=O) groups excluding carboxylic acids is 1. The third kappa shape index (κ3) is 2.53. The van der Waals surface area contributed by atoms with Gasteiger partial charge in [0.15, 0.2) is 0 Å². The van der Waals surface area contributed by atoms with Gasteiger partial charge in [0.05, 0.1) is 0 Å². The van der Waals surface area contributed by atoms with Crippen LogP contribution in [0.2, 0.25) is 0 Å². The molecule has 1 amide bonds. The van der Waals surface area contributed by atoms with Gasteiger partial charge < -0.3 is 4.90 Å². The second kappa shape index (κ2) is 4.75. The summed E-state index contributed by atoms with van der Waals surface area (Å²) in [5, 5.41) is 0. The van der Waals surface area contributed by atoms with Gasteiger partial charge in [-0.25, -0.2) is 0 Å². The molecule has 0 saturated heterocycles. The highest BCUT2D eigenvalue weighted by Gasteiger charge is 2.17. The van der Waals surface area contributed by atoms with Crippen molar-refractivity contribution < 1.29 is 4.79 Å². The van der Waals surface area contributed by atoms with Gasteiger partial charge in [0, 0.05) is 19.0 Å². The maximum Gasteiger partial charge on any atom is 0.220 e. The Morgan fingerprint density at radius 2 is 1.58 bits per heavy atom. The van der Waals surface area contributed by atoms with Crippen molar-refractivity contribution in [2.45, 2.75) is 32.9 Å². The number of hydrogen-bond donors (Lipinski definition) is 0. The van der Waals surface area contributed by atoms with Crippen LogP contribution in [0.1, 0.15) is 20.8 Å². The summed E-state index contributed by atoms with van der Waals surface area (Å²) in [6, 6.07) is 0.131. The summed E-state index contributed by atoms with van der Waals surface area (Å²) >= 11 is 0.